The number of likely N-dealkylation sites (tertiary alicyclic amines) is 1. The number of sulfonamides is 1. The normalized spacial score (nSPS) is 23.9. The van der Waals surface area contributed by atoms with Gasteiger partial charge >= 0.3 is 0 Å². The molecule has 1 aromatic rings. The largest absolute Gasteiger partial charge is 0.383 e. The number of amidine groups is 1. The van der Waals surface area contributed by atoms with Crippen molar-refractivity contribution in [3.63, 3.8) is 0 Å². The summed E-state index contributed by atoms with van der Waals surface area (Å²) < 4.78 is 34.2. The summed E-state index contributed by atoms with van der Waals surface area (Å²) >= 11 is 4.89. The summed E-state index contributed by atoms with van der Waals surface area (Å²) in [6.07, 6.45) is 6.61. The van der Waals surface area contributed by atoms with E-state index in [0.717, 1.165) is 48.6 Å². The van der Waals surface area contributed by atoms with Crippen LogP contribution in [0.5, 0.6) is 0 Å². The summed E-state index contributed by atoms with van der Waals surface area (Å²) in [4.78, 5) is 29.6. The molecule has 0 radical (unpaired) electrons. The van der Waals surface area contributed by atoms with E-state index in [1.165, 1.54) is 16.7 Å². The Hall–Kier alpha value is -1.97. The molecule has 0 saturated carbocycles. The zero-order chi connectivity index (χ0) is 30.3. The number of carbonyl (C=O) groups is 2. The molecule has 4 rings (SSSR count). The van der Waals surface area contributed by atoms with Gasteiger partial charge in [0.25, 0.3) is 0 Å². The first kappa shape index (κ1) is 32.9. The number of amides is 2. The van der Waals surface area contributed by atoms with E-state index in [1.54, 1.807) is 0 Å². The molecule has 232 valence electrons. The van der Waals surface area contributed by atoms with Gasteiger partial charge in [-0.1, -0.05) is 34.1 Å². The van der Waals surface area contributed by atoms with E-state index in [4.69, 9.17) is 15.9 Å². The van der Waals surface area contributed by atoms with Crippen LogP contribution in [0.2, 0.25) is 0 Å². The summed E-state index contributed by atoms with van der Waals surface area (Å²) in [5.41, 5.74) is 6.57. The topological polar surface area (TPSA) is 167 Å². The zero-order valence-electron chi connectivity index (χ0n) is 23.8. The molecule has 4 atom stereocenters. The lowest BCUT2D eigenvalue weighted by Crippen LogP contribution is -2.54. The molecular weight excluding hydrogens is 644 g/mol. The number of halogens is 1. The van der Waals surface area contributed by atoms with Crippen LogP contribution in [-0.4, -0.2) is 86.8 Å². The average Bonchev–Trinajstić information content (AvgIpc) is 3.61. The Morgan fingerprint density at radius 3 is 2.62 bits per heavy atom. The van der Waals surface area contributed by atoms with Crippen molar-refractivity contribution in [2.75, 3.05) is 32.4 Å². The molecule has 42 heavy (non-hydrogen) atoms. The molecule has 1 unspecified atom stereocenters. The quantitative estimate of drug-likeness (QED) is 0.156. The molecule has 2 fully saturated rings. The second-order valence-electron chi connectivity index (χ2n) is 11.2. The Morgan fingerprint density at radius 2 is 1.98 bits per heavy atom. The van der Waals surface area contributed by atoms with E-state index in [0.29, 0.717) is 43.2 Å². The van der Waals surface area contributed by atoms with Gasteiger partial charge in [0.05, 0.1) is 19.0 Å². The minimum absolute atomic E-state index is 0.0149. The Morgan fingerprint density at radius 1 is 1.26 bits per heavy atom. The molecule has 14 heteroatoms. The van der Waals surface area contributed by atoms with E-state index < -0.39 is 28.0 Å². The second-order valence-corrected chi connectivity index (χ2v) is 15.3. The number of nitrogens with one attached hydrogen (secondary N) is 4. The summed E-state index contributed by atoms with van der Waals surface area (Å²) in [5, 5.41) is 14.0. The van der Waals surface area contributed by atoms with Gasteiger partial charge in [-0.25, -0.2) is 13.1 Å². The van der Waals surface area contributed by atoms with Crippen molar-refractivity contribution < 1.29 is 22.7 Å². The van der Waals surface area contributed by atoms with Crippen LogP contribution in [0, 0.1) is 11.3 Å². The molecule has 2 saturated heterocycles. The molecule has 3 aliphatic heterocycles. The number of benzene rings is 1. The highest BCUT2D eigenvalue weighted by Crippen LogP contribution is 2.32. The van der Waals surface area contributed by atoms with Gasteiger partial charge in [0, 0.05) is 34.1 Å². The highest BCUT2D eigenvalue weighted by molar-refractivity contribution is 9.10. The van der Waals surface area contributed by atoms with Gasteiger partial charge in [0.15, 0.2) is 0 Å². The fraction of sp³-hybridized carbons (Fsp3) is 0.607. The standard InChI is InChI=1S/C28H41BrN6O5S2/c1-42(38,39)34-23(8-4-18-10-12-32-13-11-18)28(37)35-16-21(40-17-19-2-5-20(29)6-3-19)14-24(35)27(36)33-15-22-7-9-25(41-22)26(30)31/h2-3,5-6,9,18,21-24,32,34H,4,7-8,10-17H2,1H3,(H3,30,31)(H,33,36)/t21-,22?,23-,24+/m1/s1. The molecular formula is C28H41BrN6O5S2. The van der Waals surface area contributed by atoms with Crippen LogP contribution in [0.25, 0.3) is 0 Å². The Labute approximate surface area is 260 Å². The first-order valence-electron chi connectivity index (χ1n) is 14.3. The number of allylic oxidation sites excluding steroid dienone is 1. The number of ether oxygens (including phenoxy) is 1. The minimum atomic E-state index is -3.67. The zero-order valence-corrected chi connectivity index (χ0v) is 27.0. The van der Waals surface area contributed by atoms with Crippen LogP contribution in [-0.2, 0) is 31.0 Å². The number of hydrogen-bond acceptors (Lipinski definition) is 8. The summed E-state index contributed by atoms with van der Waals surface area (Å²) in [6, 6.07) is 6.00. The Bertz CT molecular complexity index is 1260. The van der Waals surface area contributed by atoms with Crippen molar-refractivity contribution in [3.8, 4) is 0 Å². The number of rotatable bonds is 13. The summed E-state index contributed by atoms with van der Waals surface area (Å²) in [7, 11) is -3.67. The summed E-state index contributed by atoms with van der Waals surface area (Å²) in [5.74, 6) is -0.271. The van der Waals surface area contributed by atoms with Crippen LogP contribution in [0.4, 0.5) is 0 Å². The average molecular weight is 686 g/mol. The third kappa shape index (κ3) is 9.78. The third-order valence-electron chi connectivity index (χ3n) is 7.85. The number of carbonyl (C=O) groups excluding carboxylic acids is 2. The number of nitrogens with zero attached hydrogens (tertiary/aromatic N) is 1. The Balaban J connectivity index is 1.45. The van der Waals surface area contributed by atoms with E-state index in [1.807, 2.05) is 30.3 Å². The van der Waals surface area contributed by atoms with Crippen molar-refractivity contribution in [3.05, 3.63) is 45.3 Å². The van der Waals surface area contributed by atoms with Crippen molar-refractivity contribution >= 4 is 55.4 Å². The smallest absolute Gasteiger partial charge is 0.242 e. The fourth-order valence-corrected chi connectivity index (χ4v) is 7.65. The molecule has 0 bridgehead atoms. The van der Waals surface area contributed by atoms with Crippen molar-refractivity contribution in [2.45, 2.75) is 68.6 Å². The maximum Gasteiger partial charge on any atom is 0.242 e. The predicted octanol–water partition coefficient (Wildman–Crippen LogP) is 2.07. The highest BCUT2D eigenvalue weighted by atomic mass is 79.9. The van der Waals surface area contributed by atoms with Gasteiger partial charge in [-0.2, -0.15) is 0 Å². The molecule has 6 N–H and O–H groups in total. The van der Waals surface area contributed by atoms with Gasteiger partial charge in [0.2, 0.25) is 21.8 Å². The lowest BCUT2D eigenvalue weighted by Gasteiger charge is -2.30. The highest BCUT2D eigenvalue weighted by Gasteiger charge is 2.43. The first-order chi connectivity index (χ1) is 20.0. The van der Waals surface area contributed by atoms with Gasteiger partial charge in [0.1, 0.15) is 17.9 Å². The van der Waals surface area contributed by atoms with Crippen LogP contribution in [0.15, 0.2) is 39.7 Å². The lowest BCUT2D eigenvalue weighted by molar-refractivity contribution is -0.140. The van der Waals surface area contributed by atoms with Crippen LogP contribution in [0.3, 0.4) is 0 Å². The molecule has 1 aromatic carbocycles. The SMILES string of the molecule is CS(=O)(=O)N[C@H](CCC1CCNCC1)C(=O)N1C[C@H](OCc2ccc(Br)cc2)C[C@H]1C(=O)NCC1CC=C(C(=N)N)S1. The lowest BCUT2D eigenvalue weighted by atomic mass is 9.91. The number of piperidine rings is 1. The second kappa shape index (κ2) is 15.2. The van der Waals surface area contributed by atoms with Crippen LogP contribution >= 0.6 is 27.7 Å². The van der Waals surface area contributed by atoms with Crippen LogP contribution in [0.1, 0.15) is 44.1 Å². The molecule has 11 nitrogen and oxygen atoms in total. The number of thioether (sulfide) groups is 1. The van der Waals surface area contributed by atoms with Crippen LogP contribution < -0.4 is 21.1 Å². The van der Waals surface area contributed by atoms with E-state index >= 15 is 0 Å². The van der Waals surface area contributed by atoms with Gasteiger partial charge in [-0.05, 0) is 68.8 Å². The van der Waals surface area contributed by atoms with Gasteiger partial charge < -0.3 is 26.0 Å². The third-order valence-corrected chi connectivity index (χ3v) is 10.4. The molecule has 2 amide bonds. The van der Waals surface area contributed by atoms with Gasteiger partial charge in [-0.15, -0.1) is 11.8 Å². The first-order valence-corrected chi connectivity index (χ1v) is 17.9. The van der Waals surface area contributed by atoms with E-state index in [9.17, 15) is 18.0 Å². The predicted molar refractivity (Wildman–Crippen MR) is 168 cm³/mol. The molecule has 0 aliphatic carbocycles. The monoisotopic (exact) mass is 684 g/mol. The fourth-order valence-electron chi connectivity index (χ4n) is 5.61. The minimum Gasteiger partial charge on any atom is -0.383 e. The van der Waals surface area contributed by atoms with E-state index in [-0.39, 0.29) is 29.6 Å². The number of nitrogens with two attached hydrogens (primary N) is 1. The van der Waals surface area contributed by atoms with Crippen molar-refractivity contribution in [1.82, 2.24) is 20.3 Å². The maximum atomic E-state index is 13.9. The van der Waals surface area contributed by atoms with Crippen molar-refractivity contribution in [1.29, 1.82) is 5.41 Å². The molecule has 3 aliphatic rings. The summed E-state index contributed by atoms with van der Waals surface area (Å²) in [6.45, 7) is 2.71. The maximum absolute atomic E-state index is 13.9. The Kier molecular flexibility index (Phi) is 11.9. The van der Waals surface area contributed by atoms with E-state index in [2.05, 4.69) is 31.3 Å². The number of hydrogen-bond donors (Lipinski definition) is 5. The molecule has 0 aromatic heterocycles. The molecule has 3 heterocycles. The molecule has 0 spiro atoms. The van der Waals surface area contributed by atoms with Crippen molar-refractivity contribution in [2.24, 2.45) is 11.7 Å². The van der Waals surface area contributed by atoms with Gasteiger partial charge in [-0.3, -0.25) is 15.0 Å².